The molecule has 0 aliphatic rings. The molecule has 0 aromatic carbocycles. The van der Waals surface area contributed by atoms with Gasteiger partial charge in [-0.15, -0.1) is 5.70 Å². The maximum Gasteiger partial charge on any atom is 0.122 e. The summed E-state index contributed by atoms with van der Waals surface area (Å²) < 4.78 is 2.91. The molecule has 0 amide bonds. The molecular weight excluding hydrogens is 334 g/mol. The van der Waals surface area contributed by atoms with Gasteiger partial charge in [-0.25, -0.2) is 0 Å². The Morgan fingerprint density at radius 3 is 1.84 bits per heavy atom. The van der Waals surface area contributed by atoms with Crippen LogP contribution < -0.4 is 0 Å². The molecule has 0 saturated heterocycles. The Kier molecular flexibility index (Phi) is 16.4. The smallest absolute Gasteiger partial charge is 0.122 e. The summed E-state index contributed by atoms with van der Waals surface area (Å²) in [5, 5.41) is 0. The van der Waals surface area contributed by atoms with E-state index in [1.54, 1.807) is 0 Å². The Morgan fingerprint density at radius 1 is 0.800 bits per heavy atom. The minimum atomic E-state index is -1.17. The van der Waals surface area contributed by atoms with Crippen LogP contribution in [0.25, 0.3) is 0 Å². The van der Waals surface area contributed by atoms with Gasteiger partial charge in [0.1, 0.15) is 8.24 Å². The molecule has 0 spiro atoms. The van der Waals surface area contributed by atoms with Crippen LogP contribution in [-0.4, -0.2) is 35.4 Å². The molecule has 0 bridgehead atoms. The van der Waals surface area contributed by atoms with E-state index in [1.165, 1.54) is 95.0 Å². The summed E-state index contributed by atoms with van der Waals surface area (Å²) >= 11 is 0. The van der Waals surface area contributed by atoms with Crippen molar-refractivity contribution in [2.45, 2.75) is 117 Å². The maximum absolute atomic E-state index is 2.91. The van der Waals surface area contributed by atoms with Crippen molar-refractivity contribution in [2.75, 3.05) is 13.1 Å². The van der Waals surface area contributed by atoms with Gasteiger partial charge >= 0.3 is 0 Å². The molecule has 0 aromatic rings. The van der Waals surface area contributed by atoms with Gasteiger partial charge in [-0.05, 0) is 45.8 Å². The highest BCUT2D eigenvalue weighted by molar-refractivity contribution is 6.74. The van der Waals surface area contributed by atoms with Crippen molar-refractivity contribution in [2.24, 2.45) is 0 Å². The predicted molar refractivity (Wildman–Crippen MR) is 124 cm³/mol. The number of rotatable bonds is 17. The van der Waals surface area contributed by atoms with Crippen LogP contribution >= 0.6 is 0 Å². The fourth-order valence-corrected chi connectivity index (χ4v) is 7.93. The van der Waals surface area contributed by atoms with Crippen LogP contribution in [0.15, 0.2) is 11.3 Å². The number of unbranched alkanes of at least 4 members (excludes halogenated alkanes) is 7. The fraction of sp³-hybridized carbons (Fsp3) is 0.909. The lowest BCUT2D eigenvalue weighted by Gasteiger charge is -2.37. The van der Waals surface area contributed by atoms with Gasteiger partial charge in [0.2, 0.25) is 0 Å². The third kappa shape index (κ3) is 14.9. The zero-order chi connectivity index (χ0) is 19.0. The van der Waals surface area contributed by atoms with Crippen LogP contribution in [-0.2, 0) is 0 Å². The Morgan fingerprint density at radius 2 is 1.32 bits per heavy atom. The molecule has 3 heteroatoms. The van der Waals surface area contributed by atoms with Gasteiger partial charge in [-0.1, -0.05) is 89.9 Å². The van der Waals surface area contributed by atoms with Crippen LogP contribution in [0.2, 0.25) is 25.2 Å². The van der Waals surface area contributed by atoms with E-state index < -0.39 is 8.24 Å². The number of nitrogens with zero attached hydrogens (tertiary/aromatic N) is 1. The molecule has 0 N–H and O–H groups in total. The number of hydrogen-bond acceptors (Lipinski definition) is 1. The SMILES string of the molecule is CCCCN(CCCC)[Si](C)(C)CCCCCCCC[SiH2]C=C(C)C. The Hall–Kier alpha value is 0.134. The van der Waals surface area contributed by atoms with Crippen molar-refractivity contribution >= 4 is 17.8 Å². The highest BCUT2D eigenvalue weighted by Gasteiger charge is 2.27. The van der Waals surface area contributed by atoms with E-state index in [2.05, 4.69) is 51.1 Å². The largest absolute Gasteiger partial charge is 0.324 e. The van der Waals surface area contributed by atoms with E-state index in [-0.39, 0.29) is 9.52 Å². The monoisotopic (exact) mass is 383 g/mol. The molecule has 0 fully saturated rings. The number of allylic oxidation sites excluding steroid dienone is 1. The lowest BCUT2D eigenvalue weighted by molar-refractivity contribution is 0.396. The highest BCUT2D eigenvalue weighted by Crippen LogP contribution is 2.21. The molecule has 0 aliphatic heterocycles. The second kappa shape index (κ2) is 16.3. The van der Waals surface area contributed by atoms with Crippen LogP contribution in [0.1, 0.15) is 91.9 Å². The molecule has 25 heavy (non-hydrogen) atoms. The summed E-state index contributed by atoms with van der Waals surface area (Å²) in [5.41, 5.74) is 4.06. The minimum absolute atomic E-state index is 0.115. The molecule has 0 radical (unpaired) electrons. The first-order valence-corrected chi connectivity index (χ1v) is 16.3. The Labute approximate surface area is 164 Å². The van der Waals surface area contributed by atoms with Crippen LogP contribution in [0.3, 0.4) is 0 Å². The van der Waals surface area contributed by atoms with Gasteiger partial charge in [0.15, 0.2) is 0 Å². The molecule has 0 aromatic heterocycles. The topological polar surface area (TPSA) is 3.24 Å². The quantitative estimate of drug-likeness (QED) is 0.194. The molecule has 150 valence electrons. The van der Waals surface area contributed by atoms with Crippen molar-refractivity contribution in [3.05, 3.63) is 11.3 Å². The van der Waals surface area contributed by atoms with E-state index in [4.69, 9.17) is 0 Å². The Bertz CT molecular complexity index is 314. The van der Waals surface area contributed by atoms with Crippen LogP contribution in [0.4, 0.5) is 0 Å². The lowest BCUT2D eigenvalue weighted by atomic mass is 10.1. The van der Waals surface area contributed by atoms with Crippen molar-refractivity contribution in [1.29, 1.82) is 0 Å². The second-order valence-electron chi connectivity index (χ2n) is 8.80. The standard InChI is InChI=1S/C22H49NSi2/c1-7-9-17-23(18-10-8-2)25(5,6)20-16-14-12-11-13-15-19-24-21-22(3)4/h21H,7-20,24H2,1-6H3. The third-order valence-electron chi connectivity index (χ3n) is 5.46. The minimum Gasteiger partial charge on any atom is -0.324 e. The van der Waals surface area contributed by atoms with E-state index in [0.717, 1.165) is 0 Å². The molecular formula is C22H49NSi2. The lowest BCUT2D eigenvalue weighted by Crippen LogP contribution is -2.49. The fourth-order valence-electron chi connectivity index (χ4n) is 3.55. The van der Waals surface area contributed by atoms with E-state index in [0.29, 0.717) is 0 Å². The maximum atomic E-state index is 2.91. The summed E-state index contributed by atoms with van der Waals surface area (Å²) in [4.78, 5) is 0. The molecule has 0 saturated carbocycles. The summed E-state index contributed by atoms with van der Waals surface area (Å²) in [6, 6.07) is 3.03. The van der Waals surface area contributed by atoms with Gasteiger partial charge in [0, 0.05) is 9.52 Å². The average Bonchev–Trinajstić information content (AvgIpc) is 2.56. The second-order valence-corrected chi connectivity index (χ2v) is 15.3. The molecule has 0 unspecified atom stereocenters. The van der Waals surface area contributed by atoms with Crippen molar-refractivity contribution in [3.8, 4) is 0 Å². The molecule has 1 nitrogen and oxygen atoms in total. The van der Waals surface area contributed by atoms with Crippen LogP contribution in [0, 0.1) is 0 Å². The number of hydrogen-bond donors (Lipinski definition) is 0. The van der Waals surface area contributed by atoms with Gasteiger partial charge in [0.25, 0.3) is 0 Å². The van der Waals surface area contributed by atoms with Crippen molar-refractivity contribution < 1.29 is 0 Å². The molecule has 0 heterocycles. The molecule has 0 rings (SSSR count). The highest BCUT2D eigenvalue weighted by atomic mass is 28.3. The Balaban J connectivity index is 3.82. The first-order chi connectivity index (χ1) is 11.9. The average molecular weight is 384 g/mol. The summed E-state index contributed by atoms with van der Waals surface area (Å²) in [7, 11) is -1.06. The summed E-state index contributed by atoms with van der Waals surface area (Å²) in [6.07, 6.45) is 14.3. The van der Waals surface area contributed by atoms with Crippen molar-refractivity contribution in [3.63, 3.8) is 0 Å². The third-order valence-corrected chi connectivity index (χ3v) is 11.2. The summed E-state index contributed by atoms with van der Waals surface area (Å²) in [5.74, 6) is 0. The summed E-state index contributed by atoms with van der Waals surface area (Å²) in [6.45, 7) is 17.1. The van der Waals surface area contributed by atoms with E-state index in [1.807, 2.05) is 0 Å². The van der Waals surface area contributed by atoms with Gasteiger partial charge in [-0.3, -0.25) is 0 Å². The first kappa shape index (κ1) is 25.1. The van der Waals surface area contributed by atoms with Gasteiger partial charge in [-0.2, -0.15) is 0 Å². The predicted octanol–water partition coefficient (Wildman–Crippen LogP) is 6.95. The van der Waals surface area contributed by atoms with Crippen LogP contribution in [0.5, 0.6) is 0 Å². The van der Waals surface area contributed by atoms with Crippen molar-refractivity contribution in [1.82, 2.24) is 4.57 Å². The zero-order valence-electron chi connectivity index (χ0n) is 18.6. The van der Waals surface area contributed by atoms with Gasteiger partial charge < -0.3 is 4.57 Å². The molecule has 0 atom stereocenters. The first-order valence-electron chi connectivity index (χ1n) is 11.3. The van der Waals surface area contributed by atoms with E-state index in [9.17, 15) is 0 Å². The normalized spacial score (nSPS) is 12.4. The molecule has 0 aliphatic carbocycles. The van der Waals surface area contributed by atoms with E-state index >= 15 is 0 Å². The van der Waals surface area contributed by atoms with Gasteiger partial charge in [0.05, 0.1) is 0 Å². The zero-order valence-corrected chi connectivity index (χ0v) is 21.0.